The van der Waals surface area contributed by atoms with Crippen LogP contribution in [-0.4, -0.2) is 63.5 Å². The molecule has 0 atom stereocenters. The van der Waals surface area contributed by atoms with Crippen molar-refractivity contribution in [1.82, 2.24) is 4.90 Å². The van der Waals surface area contributed by atoms with Gasteiger partial charge in [0.05, 0.1) is 17.2 Å². The number of likely N-dealkylation sites (N-methyl/N-ethyl adjacent to an activating group) is 1. The largest absolute Gasteiger partial charge is 0.395 e. The normalized spacial score (nSPS) is 17.2. The number of anilines is 1. The molecule has 0 radical (unpaired) electrons. The Morgan fingerprint density at radius 2 is 1.91 bits per heavy atom. The summed E-state index contributed by atoms with van der Waals surface area (Å²) in [6.07, 6.45) is 1.58. The van der Waals surface area contributed by atoms with Crippen molar-refractivity contribution in [2.24, 2.45) is 0 Å². The first-order chi connectivity index (χ1) is 10.9. The van der Waals surface area contributed by atoms with Gasteiger partial charge in [0, 0.05) is 25.7 Å². The van der Waals surface area contributed by atoms with E-state index in [9.17, 15) is 17.2 Å². The molecule has 0 saturated carbocycles. The Hall–Kier alpha value is -1.25. The second-order valence-corrected chi connectivity index (χ2v) is 7.58. The van der Waals surface area contributed by atoms with Crippen LogP contribution in [0.1, 0.15) is 12.8 Å². The molecule has 0 bridgehead atoms. The van der Waals surface area contributed by atoms with Crippen LogP contribution >= 0.6 is 0 Å². The van der Waals surface area contributed by atoms with E-state index < -0.39 is 15.6 Å². The zero-order valence-corrected chi connectivity index (χ0v) is 13.8. The van der Waals surface area contributed by atoms with Crippen molar-refractivity contribution in [3.05, 3.63) is 24.3 Å². The molecule has 5 nitrogen and oxygen atoms in total. The molecule has 130 valence electrons. The fourth-order valence-electron chi connectivity index (χ4n) is 2.94. The molecule has 1 N–H and O–H groups in total. The lowest BCUT2D eigenvalue weighted by molar-refractivity contribution is 0.161. The van der Waals surface area contributed by atoms with Gasteiger partial charge in [-0.25, -0.2) is 8.42 Å². The number of hydrogen-bond acceptors (Lipinski definition) is 5. The summed E-state index contributed by atoms with van der Waals surface area (Å²) in [4.78, 5) is 3.61. The molecule has 0 spiro atoms. The van der Waals surface area contributed by atoms with Gasteiger partial charge in [0.15, 0.2) is 0 Å². The van der Waals surface area contributed by atoms with Crippen molar-refractivity contribution in [2.45, 2.75) is 29.5 Å². The lowest BCUT2D eigenvalue weighted by Crippen LogP contribution is -2.44. The minimum Gasteiger partial charge on any atom is -0.395 e. The molecule has 1 aliphatic heterocycles. The van der Waals surface area contributed by atoms with Crippen LogP contribution < -0.4 is 4.90 Å². The number of halogens is 2. The average Bonchev–Trinajstić information content (AvgIpc) is 2.55. The van der Waals surface area contributed by atoms with Crippen molar-refractivity contribution in [3.63, 3.8) is 0 Å². The number of alkyl halides is 2. The van der Waals surface area contributed by atoms with Crippen molar-refractivity contribution in [3.8, 4) is 0 Å². The van der Waals surface area contributed by atoms with E-state index in [1.165, 1.54) is 12.1 Å². The van der Waals surface area contributed by atoms with Gasteiger partial charge in [0.1, 0.15) is 0 Å². The molecule has 0 aliphatic carbocycles. The summed E-state index contributed by atoms with van der Waals surface area (Å²) in [6.45, 7) is 1.86. The van der Waals surface area contributed by atoms with E-state index in [-0.39, 0.29) is 11.5 Å². The highest BCUT2D eigenvalue weighted by Crippen LogP contribution is 2.31. The predicted octanol–water partition coefficient (Wildman–Crippen LogP) is 1.58. The van der Waals surface area contributed by atoms with Crippen LogP contribution in [0.4, 0.5) is 14.5 Å². The molecule has 1 fully saturated rings. The lowest BCUT2D eigenvalue weighted by Gasteiger charge is -2.38. The van der Waals surface area contributed by atoms with Gasteiger partial charge < -0.3 is 14.9 Å². The number of hydrogen-bond donors (Lipinski definition) is 1. The fourth-order valence-corrected chi connectivity index (χ4v) is 3.89. The third kappa shape index (κ3) is 3.99. The van der Waals surface area contributed by atoms with Crippen molar-refractivity contribution >= 4 is 15.5 Å². The Labute approximate surface area is 135 Å². The summed E-state index contributed by atoms with van der Waals surface area (Å²) in [5, 5.41) is 8.99. The highest BCUT2D eigenvalue weighted by Gasteiger charge is 2.32. The van der Waals surface area contributed by atoms with Crippen molar-refractivity contribution < 1.29 is 22.3 Å². The maximum absolute atomic E-state index is 12.9. The van der Waals surface area contributed by atoms with E-state index >= 15 is 0 Å². The molecule has 1 aliphatic rings. The molecule has 1 heterocycles. The van der Waals surface area contributed by atoms with Crippen molar-refractivity contribution in [1.29, 1.82) is 0 Å². The average molecular weight is 348 g/mol. The summed E-state index contributed by atoms with van der Waals surface area (Å²) in [7, 11) is -2.68. The molecule has 1 aromatic rings. The fraction of sp³-hybridized carbons (Fsp3) is 0.600. The topological polar surface area (TPSA) is 60.9 Å². The maximum atomic E-state index is 12.9. The van der Waals surface area contributed by atoms with E-state index in [1.807, 2.05) is 11.9 Å². The Balaban J connectivity index is 2.16. The van der Waals surface area contributed by atoms with E-state index in [2.05, 4.69) is 4.90 Å². The van der Waals surface area contributed by atoms with E-state index in [4.69, 9.17) is 5.11 Å². The number of aliphatic hydroxyl groups excluding tert-OH is 1. The number of nitrogens with zero attached hydrogens (tertiary/aromatic N) is 2. The first kappa shape index (κ1) is 18.1. The van der Waals surface area contributed by atoms with Crippen LogP contribution in [0.15, 0.2) is 29.2 Å². The quantitative estimate of drug-likeness (QED) is 0.846. The van der Waals surface area contributed by atoms with Gasteiger partial charge in [-0.15, -0.1) is 0 Å². The summed E-state index contributed by atoms with van der Waals surface area (Å²) in [6, 6.07) is 6.23. The molecule has 0 aromatic heterocycles. The molecule has 23 heavy (non-hydrogen) atoms. The maximum Gasteiger partial charge on any atom is 0.341 e. The Kier molecular flexibility index (Phi) is 5.94. The second kappa shape index (κ2) is 7.55. The van der Waals surface area contributed by atoms with Gasteiger partial charge in [0.2, 0.25) is 9.84 Å². The zero-order chi connectivity index (χ0) is 17.0. The lowest BCUT2D eigenvalue weighted by atomic mass is 10.0. The van der Waals surface area contributed by atoms with Crippen LogP contribution in [0.5, 0.6) is 0 Å². The Morgan fingerprint density at radius 3 is 2.48 bits per heavy atom. The Bertz CT molecular complexity index is 617. The first-order valence-corrected chi connectivity index (χ1v) is 9.09. The van der Waals surface area contributed by atoms with Gasteiger partial charge in [0.25, 0.3) is 0 Å². The highest BCUT2D eigenvalue weighted by atomic mass is 32.2. The molecule has 2 rings (SSSR count). The standard InChI is InChI=1S/C15H22F2N2O3S/c1-18(10-11-20)12-6-8-19(9-7-12)13-4-2-3-5-14(13)23(21,22)15(16)17/h2-5,12,15,20H,6-11H2,1H3. The van der Waals surface area contributed by atoms with Crippen LogP contribution in [0.25, 0.3) is 0 Å². The van der Waals surface area contributed by atoms with Crippen LogP contribution in [0, 0.1) is 0 Å². The summed E-state index contributed by atoms with van der Waals surface area (Å²) < 4.78 is 49.4. The molecule has 0 amide bonds. The number of piperidine rings is 1. The highest BCUT2D eigenvalue weighted by molar-refractivity contribution is 7.91. The molecule has 8 heteroatoms. The second-order valence-electron chi connectivity index (χ2n) is 5.70. The van der Waals surface area contributed by atoms with Crippen LogP contribution in [-0.2, 0) is 9.84 Å². The number of benzene rings is 1. The predicted molar refractivity (Wildman–Crippen MR) is 84.6 cm³/mol. The number of para-hydroxylation sites is 1. The number of rotatable bonds is 6. The minimum atomic E-state index is -4.61. The van der Waals surface area contributed by atoms with Gasteiger partial charge in [-0.2, -0.15) is 8.78 Å². The first-order valence-electron chi connectivity index (χ1n) is 7.55. The molecule has 1 saturated heterocycles. The van der Waals surface area contributed by atoms with Crippen LogP contribution in [0.2, 0.25) is 0 Å². The Morgan fingerprint density at radius 1 is 1.30 bits per heavy atom. The van der Waals surface area contributed by atoms with Crippen LogP contribution in [0.3, 0.4) is 0 Å². The zero-order valence-electron chi connectivity index (χ0n) is 13.0. The summed E-state index contributed by atoms with van der Waals surface area (Å²) >= 11 is 0. The van der Waals surface area contributed by atoms with E-state index in [0.717, 1.165) is 12.8 Å². The van der Waals surface area contributed by atoms with Gasteiger partial charge >= 0.3 is 5.76 Å². The van der Waals surface area contributed by atoms with Crippen molar-refractivity contribution in [2.75, 3.05) is 38.2 Å². The van der Waals surface area contributed by atoms with E-state index in [0.29, 0.717) is 31.4 Å². The smallest absolute Gasteiger partial charge is 0.341 e. The minimum absolute atomic E-state index is 0.0895. The number of sulfone groups is 1. The van der Waals surface area contributed by atoms with Gasteiger partial charge in [-0.1, -0.05) is 12.1 Å². The monoisotopic (exact) mass is 348 g/mol. The van der Waals surface area contributed by atoms with E-state index in [1.54, 1.807) is 12.1 Å². The molecule has 0 unspecified atom stereocenters. The summed E-state index contributed by atoms with van der Waals surface area (Å²) in [5.41, 5.74) is 0.344. The van der Waals surface area contributed by atoms with Gasteiger partial charge in [-0.3, -0.25) is 0 Å². The third-order valence-corrected chi connectivity index (χ3v) is 5.71. The molecule has 1 aromatic carbocycles. The molecular formula is C15H22F2N2O3S. The molecular weight excluding hydrogens is 326 g/mol. The van der Waals surface area contributed by atoms with Gasteiger partial charge in [-0.05, 0) is 32.0 Å². The summed E-state index contributed by atoms with van der Waals surface area (Å²) in [5.74, 6) is -3.42. The number of aliphatic hydroxyl groups is 1. The SMILES string of the molecule is CN(CCO)C1CCN(c2ccccc2S(=O)(=O)C(F)F)CC1. The third-order valence-electron chi connectivity index (χ3n) is 4.29.